The first kappa shape index (κ1) is 9.37. The van der Waals surface area contributed by atoms with Crippen LogP contribution < -0.4 is 5.06 Å². The number of alkyl halides is 1. The highest BCUT2D eigenvalue weighted by molar-refractivity contribution is 9.09. The van der Waals surface area contributed by atoms with Crippen LogP contribution in [0.15, 0.2) is 23.5 Å². The second-order valence-electron chi connectivity index (χ2n) is 2.46. The molecule has 1 heterocycles. The zero-order valence-electron chi connectivity index (χ0n) is 6.32. The Kier molecular flexibility index (Phi) is 2.61. The second kappa shape index (κ2) is 3.34. The van der Waals surface area contributed by atoms with E-state index in [2.05, 4.69) is 15.9 Å². The number of nitrogens with zero attached hydrogens (tertiary/aromatic N) is 1. The minimum atomic E-state index is -0.482. The third-order valence-corrected chi connectivity index (χ3v) is 2.26. The molecule has 0 saturated heterocycles. The van der Waals surface area contributed by atoms with Gasteiger partial charge in [-0.3, -0.25) is 10.1 Å². The van der Waals surface area contributed by atoms with Gasteiger partial charge in [-0.1, -0.05) is 0 Å². The molecule has 0 amide bonds. The summed E-state index contributed by atoms with van der Waals surface area (Å²) in [5.41, 5.74) is 0.526. The summed E-state index contributed by atoms with van der Waals surface area (Å²) in [5, 5.41) is 19.7. The summed E-state index contributed by atoms with van der Waals surface area (Å²) < 4.78 is 0. The fourth-order valence-electron chi connectivity index (χ4n) is 0.904. The molecule has 2 N–H and O–H groups in total. The van der Waals surface area contributed by atoms with E-state index in [1.165, 1.54) is 12.2 Å². The van der Waals surface area contributed by atoms with E-state index in [4.69, 9.17) is 0 Å². The summed E-state index contributed by atoms with van der Waals surface area (Å²) in [4.78, 5) is 9.41. The molecule has 0 aromatic rings. The van der Waals surface area contributed by atoms with Gasteiger partial charge in [0.1, 0.15) is 5.70 Å². The molecule has 0 radical (unpaired) electrons. The first-order valence-corrected chi connectivity index (χ1v) is 4.18. The quantitative estimate of drug-likeness (QED) is 0.293. The topological polar surface area (TPSA) is 67.8 Å². The second-order valence-corrected chi connectivity index (χ2v) is 3.45. The van der Waals surface area contributed by atoms with Gasteiger partial charge in [0, 0.05) is 6.92 Å². The predicted octanol–water partition coefficient (Wildman–Crippen LogP) is 0.0595. The van der Waals surface area contributed by atoms with Crippen LogP contribution in [-0.4, -0.2) is 15.1 Å². The molecule has 0 aromatic carbocycles. The molecule has 0 bridgehead atoms. The van der Waals surface area contributed by atoms with Crippen LogP contribution in [0.25, 0.3) is 0 Å². The first-order chi connectivity index (χ1) is 5.52. The minimum absolute atomic E-state index is 0.00664. The zero-order valence-corrected chi connectivity index (χ0v) is 7.91. The molecule has 6 heteroatoms. The molecule has 0 saturated carbocycles. The average molecular weight is 236 g/mol. The number of nitro groups is 1. The Morgan fingerprint density at radius 3 is 2.83 bits per heavy atom. The van der Waals surface area contributed by atoms with Crippen LogP contribution in [0.4, 0.5) is 0 Å². The molecule has 0 fully saturated rings. The zero-order chi connectivity index (χ0) is 9.30. The number of rotatable bonds is 1. The molecule has 66 valence electrons. The Bertz CT molecular complexity index is 274. The molecule has 2 atom stereocenters. The molecular weight excluding hydrogens is 228 g/mol. The lowest BCUT2D eigenvalue weighted by molar-refractivity contribution is -1.06. The normalized spacial score (nSPS) is 29.2. The Labute approximate surface area is 77.2 Å². The van der Waals surface area contributed by atoms with Crippen LogP contribution >= 0.6 is 15.9 Å². The van der Waals surface area contributed by atoms with Crippen LogP contribution in [0.5, 0.6) is 0 Å². The predicted molar refractivity (Wildman–Crippen MR) is 44.3 cm³/mol. The van der Waals surface area contributed by atoms with E-state index >= 15 is 0 Å². The highest BCUT2D eigenvalue weighted by Gasteiger charge is 2.27. The van der Waals surface area contributed by atoms with E-state index in [9.17, 15) is 15.3 Å². The van der Waals surface area contributed by atoms with Crippen LogP contribution in [0, 0.1) is 10.1 Å². The van der Waals surface area contributed by atoms with Gasteiger partial charge in [-0.2, -0.15) is 0 Å². The summed E-state index contributed by atoms with van der Waals surface area (Å²) in [6.07, 6.45) is 2.69. The standard InChI is InChI=1S/C6H7BrN2O3/c1-4-2-5(9(11)12)3-6(7)8(4)10/h2-3,6,10H,1H3/p+1. The van der Waals surface area contributed by atoms with E-state index in [1.807, 2.05) is 0 Å². The SMILES string of the molecule is CC1=CC([N+](=O)[O-])=CC(Br)[NH+]1O. The molecule has 1 aliphatic heterocycles. The summed E-state index contributed by atoms with van der Waals surface area (Å²) in [6.45, 7) is 1.63. The summed E-state index contributed by atoms with van der Waals surface area (Å²) in [6, 6.07) is 0. The Morgan fingerprint density at radius 2 is 2.42 bits per heavy atom. The minimum Gasteiger partial charge on any atom is -0.258 e. The lowest BCUT2D eigenvalue weighted by Crippen LogP contribution is -3.10. The van der Waals surface area contributed by atoms with Crippen molar-refractivity contribution in [2.45, 2.75) is 11.9 Å². The average Bonchev–Trinajstić information content (AvgIpc) is 1.99. The number of nitrogens with one attached hydrogen (secondary N) is 1. The van der Waals surface area contributed by atoms with Gasteiger partial charge in [-0.15, -0.1) is 5.06 Å². The smallest absolute Gasteiger partial charge is 0.258 e. The van der Waals surface area contributed by atoms with Crippen LogP contribution in [-0.2, 0) is 0 Å². The van der Waals surface area contributed by atoms with Crippen molar-refractivity contribution in [2.24, 2.45) is 0 Å². The highest BCUT2D eigenvalue weighted by atomic mass is 79.9. The van der Waals surface area contributed by atoms with Crippen molar-refractivity contribution in [3.63, 3.8) is 0 Å². The summed E-state index contributed by atoms with van der Waals surface area (Å²) >= 11 is 3.09. The molecule has 1 rings (SSSR count). The van der Waals surface area contributed by atoms with Crippen molar-refractivity contribution in [1.29, 1.82) is 0 Å². The van der Waals surface area contributed by atoms with Crippen molar-refractivity contribution >= 4 is 15.9 Å². The molecular formula is C6H8BrN2O3+. The monoisotopic (exact) mass is 235 g/mol. The number of hydrogen-bond donors (Lipinski definition) is 2. The van der Waals surface area contributed by atoms with Gasteiger partial charge >= 0.3 is 0 Å². The lowest BCUT2D eigenvalue weighted by Gasteiger charge is -2.16. The molecule has 0 aromatic heterocycles. The van der Waals surface area contributed by atoms with E-state index in [-0.39, 0.29) is 10.8 Å². The summed E-state index contributed by atoms with van der Waals surface area (Å²) in [7, 11) is 0. The highest BCUT2D eigenvalue weighted by Crippen LogP contribution is 2.09. The first-order valence-electron chi connectivity index (χ1n) is 3.27. The molecule has 2 unspecified atom stereocenters. The number of hydrogen-bond acceptors (Lipinski definition) is 3. The van der Waals surface area contributed by atoms with Gasteiger partial charge in [0.25, 0.3) is 5.70 Å². The van der Waals surface area contributed by atoms with Crippen molar-refractivity contribution in [3.8, 4) is 0 Å². The van der Waals surface area contributed by atoms with E-state index < -0.39 is 9.87 Å². The number of quaternary nitrogens is 1. The number of hydroxylamine groups is 2. The fraction of sp³-hybridized carbons (Fsp3) is 0.333. The third-order valence-electron chi connectivity index (χ3n) is 1.56. The molecule has 12 heavy (non-hydrogen) atoms. The van der Waals surface area contributed by atoms with Gasteiger partial charge in [0.05, 0.1) is 17.1 Å². The van der Waals surface area contributed by atoms with Crippen LogP contribution in [0.3, 0.4) is 0 Å². The van der Waals surface area contributed by atoms with Crippen molar-refractivity contribution in [3.05, 3.63) is 33.7 Å². The van der Waals surface area contributed by atoms with Gasteiger partial charge in [0.15, 0.2) is 0 Å². The van der Waals surface area contributed by atoms with E-state index in [0.29, 0.717) is 5.70 Å². The van der Waals surface area contributed by atoms with Crippen molar-refractivity contribution < 1.29 is 15.2 Å². The Balaban J connectivity index is 2.95. The Hall–Kier alpha value is -0.720. The van der Waals surface area contributed by atoms with E-state index in [0.717, 1.165) is 0 Å². The fourth-order valence-corrected chi connectivity index (χ4v) is 1.54. The molecule has 0 spiro atoms. The molecule has 1 aliphatic rings. The van der Waals surface area contributed by atoms with Gasteiger partial charge in [-0.05, 0) is 15.9 Å². The van der Waals surface area contributed by atoms with Gasteiger partial charge < -0.3 is 0 Å². The lowest BCUT2D eigenvalue weighted by atomic mass is 10.2. The van der Waals surface area contributed by atoms with Crippen LogP contribution in [0.1, 0.15) is 6.92 Å². The largest absolute Gasteiger partial charge is 0.278 e. The van der Waals surface area contributed by atoms with Crippen molar-refractivity contribution in [2.75, 3.05) is 0 Å². The number of allylic oxidation sites excluding steroid dienone is 2. The van der Waals surface area contributed by atoms with Gasteiger partial charge in [-0.25, -0.2) is 5.21 Å². The molecule has 0 aliphatic carbocycles. The maximum absolute atomic E-state index is 10.3. The van der Waals surface area contributed by atoms with Crippen LogP contribution in [0.2, 0.25) is 0 Å². The maximum atomic E-state index is 10.3. The molecule has 5 nitrogen and oxygen atoms in total. The third kappa shape index (κ3) is 1.71. The van der Waals surface area contributed by atoms with Gasteiger partial charge in [0.2, 0.25) is 4.95 Å². The van der Waals surface area contributed by atoms with Crippen molar-refractivity contribution in [1.82, 2.24) is 0 Å². The maximum Gasteiger partial charge on any atom is 0.278 e. The van der Waals surface area contributed by atoms with E-state index in [1.54, 1.807) is 6.92 Å². The number of halogens is 1. The summed E-state index contributed by atoms with van der Waals surface area (Å²) in [5.74, 6) is 0. The Morgan fingerprint density at radius 1 is 1.83 bits per heavy atom.